The Morgan fingerprint density at radius 3 is 2.45 bits per heavy atom. The van der Waals surface area contributed by atoms with Crippen molar-refractivity contribution < 1.29 is 26.3 Å². The molecular weight excluding hydrogens is 398 g/mol. The Morgan fingerprint density at radius 2 is 1.76 bits per heavy atom. The monoisotopic (exact) mass is 418 g/mol. The van der Waals surface area contributed by atoms with Crippen LogP contribution in [0.15, 0.2) is 18.3 Å². The fourth-order valence-corrected chi connectivity index (χ4v) is 4.52. The van der Waals surface area contributed by atoms with Crippen molar-refractivity contribution in [3.05, 3.63) is 52.6 Å². The minimum Gasteiger partial charge on any atom is -0.327 e. The number of alkyl halides is 3. The van der Waals surface area contributed by atoms with Crippen molar-refractivity contribution in [3.63, 3.8) is 0 Å². The molecule has 1 aliphatic heterocycles. The maximum Gasteiger partial charge on any atom is 0.408 e. The van der Waals surface area contributed by atoms with Gasteiger partial charge < -0.3 is 5.73 Å². The van der Waals surface area contributed by atoms with E-state index in [0.29, 0.717) is 44.1 Å². The topological polar surface area (TPSA) is 47.1 Å². The number of rotatable bonds is 3. The quantitative estimate of drug-likeness (QED) is 0.609. The first kappa shape index (κ1) is 20.2. The normalized spacial score (nSPS) is 25.4. The Balaban J connectivity index is 1.44. The average molecular weight is 418 g/mol. The molecule has 4 rings (SSSR count). The summed E-state index contributed by atoms with van der Waals surface area (Å²) < 4.78 is 80.0. The molecule has 2 aromatic rings. The van der Waals surface area contributed by atoms with Gasteiger partial charge in [0.2, 0.25) is 0 Å². The molecule has 0 spiro atoms. The molecule has 2 N–H and O–H groups in total. The Morgan fingerprint density at radius 1 is 1.03 bits per heavy atom. The van der Waals surface area contributed by atoms with Crippen molar-refractivity contribution in [1.82, 2.24) is 14.7 Å². The highest BCUT2D eigenvalue weighted by molar-refractivity contribution is 5.27. The molecule has 4 nitrogen and oxygen atoms in total. The minimum absolute atomic E-state index is 0.0151. The summed E-state index contributed by atoms with van der Waals surface area (Å²) in [5.74, 6) is -3.60. The van der Waals surface area contributed by atoms with Gasteiger partial charge in [-0.1, -0.05) is 0 Å². The van der Waals surface area contributed by atoms with Crippen molar-refractivity contribution in [1.29, 1.82) is 0 Å². The van der Waals surface area contributed by atoms with Crippen LogP contribution in [-0.4, -0.2) is 32.9 Å². The second-order valence-electron chi connectivity index (χ2n) is 7.82. The summed E-state index contributed by atoms with van der Waals surface area (Å²) >= 11 is 0. The zero-order chi connectivity index (χ0) is 20.9. The number of benzene rings is 1. The fourth-order valence-electron chi connectivity index (χ4n) is 4.52. The van der Waals surface area contributed by atoms with Crippen LogP contribution >= 0.6 is 0 Å². The van der Waals surface area contributed by atoms with Gasteiger partial charge in [-0.2, -0.15) is 18.3 Å². The van der Waals surface area contributed by atoms with Gasteiger partial charge in [0.05, 0.1) is 11.9 Å². The molecule has 2 heterocycles. The first-order valence-electron chi connectivity index (χ1n) is 9.36. The molecule has 1 aromatic heterocycles. The number of aromatic nitrogens is 2. The molecule has 0 bridgehead atoms. The number of hydrogen-bond donors (Lipinski definition) is 1. The van der Waals surface area contributed by atoms with Crippen molar-refractivity contribution in [2.24, 2.45) is 5.73 Å². The third-order valence-electron chi connectivity index (χ3n) is 5.92. The first-order chi connectivity index (χ1) is 13.6. The van der Waals surface area contributed by atoms with Gasteiger partial charge in [0.15, 0.2) is 11.6 Å². The van der Waals surface area contributed by atoms with E-state index in [9.17, 15) is 26.3 Å². The summed E-state index contributed by atoms with van der Waals surface area (Å²) in [4.78, 5) is 2.05. The van der Waals surface area contributed by atoms with E-state index < -0.39 is 42.1 Å². The number of nitrogens with zero attached hydrogens (tertiary/aromatic N) is 3. The lowest BCUT2D eigenvalue weighted by molar-refractivity contribution is -0.143. The molecule has 1 fully saturated rings. The van der Waals surface area contributed by atoms with Gasteiger partial charge in [-0.3, -0.25) is 9.58 Å². The van der Waals surface area contributed by atoms with E-state index >= 15 is 0 Å². The third-order valence-corrected chi connectivity index (χ3v) is 5.92. The van der Waals surface area contributed by atoms with Crippen LogP contribution in [0, 0.1) is 17.5 Å². The Hall–Kier alpha value is -2.07. The van der Waals surface area contributed by atoms with Crippen LogP contribution in [0.1, 0.15) is 42.0 Å². The van der Waals surface area contributed by atoms with Gasteiger partial charge in [0.1, 0.15) is 12.4 Å². The van der Waals surface area contributed by atoms with Gasteiger partial charge in [-0.15, -0.1) is 0 Å². The van der Waals surface area contributed by atoms with E-state index in [-0.39, 0.29) is 11.6 Å². The van der Waals surface area contributed by atoms with Crippen LogP contribution in [0.2, 0.25) is 0 Å². The van der Waals surface area contributed by atoms with Gasteiger partial charge in [-0.05, 0) is 30.9 Å². The van der Waals surface area contributed by atoms with Crippen molar-refractivity contribution in [3.8, 4) is 0 Å². The molecular formula is C19H20F6N4. The predicted molar refractivity (Wildman–Crippen MR) is 92.2 cm³/mol. The largest absolute Gasteiger partial charge is 0.408 e. The van der Waals surface area contributed by atoms with Crippen LogP contribution in [0.3, 0.4) is 0 Å². The summed E-state index contributed by atoms with van der Waals surface area (Å²) in [7, 11) is 0. The number of nitrogens with two attached hydrogens (primary N) is 1. The summed E-state index contributed by atoms with van der Waals surface area (Å²) in [5, 5.41) is 3.83. The highest BCUT2D eigenvalue weighted by Crippen LogP contribution is 2.38. The molecule has 29 heavy (non-hydrogen) atoms. The highest BCUT2D eigenvalue weighted by Gasteiger charge is 2.38. The SMILES string of the molecule is N[C@H]1C[C@@H](N2Cc3cnn(CC(F)(F)F)c3C2)CCC1c1cc(F)c(F)cc1F. The lowest BCUT2D eigenvalue weighted by Gasteiger charge is -2.38. The molecule has 0 amide bonds. The molecule has 0 saturated heterocycles. The molecule has 0 radical (unpaired) electrons. The van der Waals surface area contributed by atoms with Gasteiger partial charge >= 0.3 is 6.18 Å². The predicted octanol–water partition coefficient (Wildman–Crippen LogP) is 3.84. The summed E-state index contributed by atoms with van der Waals surface area (Å²) in [6.07, 6.45) is -1.28. The molecule has 1 aliphatic carbocycles. The van der Waals surface area contributed by atoms with Gasteiger partial charge in [0.25, 0.3) is 0 Å². The Labute approximate surface area is 163 Å². The fraction of sp³-hybridized carbons (Fsp3) is 0.526. The number of fused-ring (bicyclic) bond motifs is 1. The van der Waals surface area contributed by atoms with Crippen LogP contribution in [0.4, 0.5) is 26.3 Å². The van der Waals surface area contributed by atoms with E-state index in [0.717, 1.165) is 16.3 Å². The molecule has 10 heteroatoms. The van der Waals surface area contributed by atoms with Crippen molar-refractivity contribution in [2.45, 2.75) is 63.1 Å². The maximum atomic E-state index is 14.1. The molecule has 2 aliphatic rings. The third kappa shape index (κ3) is 4.00. The Bertz CT molecular complexity index is 909. The van der Waals surface area contributed by atoms with E-state index in [2.05, 4.69) is 10.00 Å². The summed E-state index contributed by atoms with van der Waals surface area (Å²) in [5.41, 5.74) is 7.62. The van der Waals surface area contributed by atoms with Crippen LogP contribution in [0.5, 0.6) is 0 Å². The Kier molecular flexibility index (Phi) is 5.10. The zero-order valence-electron chi connectivity index (χ0n) is 15.4. The zero-order valence-corrected chi connectivity index (χ0v) is 15.4. The average Bonchev–Trinajstić information content (AvgIpc) is 3.19. The lowest BCUT2D eigenvalue weighted by Crippen LogP contribution is -2.44. The smallest absolute Gasteiger partial charge is 0.327 e. The van der Waals surface area contributed by atoms with Gasteiger partial charge in [-0.25, -0.2) is 13.2 Å². The maximum absolute atomic E-state index is 14.1. The van der Waals surface area contributed by atoms with E-state index in [1.807, 2.05) is 0 Å². The number of halogens is 6. The molecule has 1 unspecified atom stereocenters. The lowest BCUT2D eigenvalue weighted by atomic mass is 9.77. The molecule has 158 valence electrons. The van der Waals surface area contributed by atoms with E-state index in [1.54, 1.807) is 0 Å². The highest BCUT2D eigenvalue weighted by atomic mass is 19.4. The van der Waals surface area contributed by atoms with Crippen LogP contribution in [-0.2, 0) is 19.6 Å². The first-order valence-corrected chi connectivity index (χ1v) is 9.36. The van der Waals surface area contributed by atoms with Crippen LogP contribution in [0.25, 0.3) is 0 Å². The molecule has 1 saturated carbocycles. The molecule has 3 atom stereocenters. The standard InChI is InChI=1S/C19H20F6N4/c20-14-5-16(22)15(21)4-13(14)12-2-1-11(3-17(12)26)28-7-10-6-27-29(18(10)8-28)9-19(23,24)25/h4-6,11-12,17H,1-3,7-9,26H2/t11-,12?,17-/m0/s1. The minimum atomic E-state index is -4.35. The van der Waals surface area contributed by atoms with Crippen molar-refractivity contribution in [2.75, 3.05) is 0 Å². The second kappa shape index (κ2) is 7.32. The van der Waals surface area contributed by atoms with E-state index in [4.69, 9.17) is 5.73 Å². The summed E-state index contributed by atoms with van der Waals surface area (Å²) in [6, 6.07) is 0.949. The molecule has 1 aromatic carbocycles. The van der Waals surface area contributed by atoms with Crippen molar-refractivity contribution >= 4 is 0 Å². The second-order valence-corrected chi connectivity index (χ2v) is 7.82. The van der Waals surface area contributed by atoms with Gasteiger partial charge in [0, 0.05) is 42.7 Å². The summed E-state index contributed by atoms with van der Waals surface area (Å²) in [6.45, 7) is -0.306. The van der Waals surface area contributed by atoms with E-state index in [1.165, 1.54) is 6.20 Å². The number of hydrogen-bond acceptors (Lipinski definition) is 3. The van der Waals surface area contributed by atoms with Crippen LogP contribution < -0.4 is 5.73 Å².